The number of hydrogen-bond acceptors (Lipinski definition) is 4. The molecular weight excluding hydrogens is 342 g/mol. The Morgan fingerprint density at radius 2 is 1.85 bits per heavy atom. The van der Waals surface area contributed by atoms with E-state index in [2.05, 4.69) is 10.4 Å². The molecule has 0 aliphatic heterocycles. The molecule has 0 fully saturated rings. The predicted molar refractivity (Wildman–Crippen MR) is 105 cm³/mol. The van der Waals surface area contributed by atoms with Gasteiger partial charge in [-0.1, -0.05) is 18.2 Å². The van der Waals surface area contributed by atoms with Crippen LogP contribution in [0.1, 0.15) is 22.6 Å². The zero-order chi connectivity index (χ0) is 19.4. The molecule has 0 radical (unpaired) electrons. The highest BCUT2D eigenvalue weighted by Gasteiger charge is 2.24. The maximum absolute atomic E-state index is 11.6. The van der Waals surface area contributed by atoms with Crippen molar-refractivity contribution in [3.63, 3.8) is 0 Å². The summed E-state index contributed by atoms with van der Waals surface area (Å²) in [5.41, 5.74) is 4.46. The monoisotopic (exact) mass is 365 g/mol. The van der Waals surface area contributed by atoms with Crippen LogP contribution < -0.4 is 5.32 Å². The molecule has 140 valence electrons. The molecule has 0 saturated carbocycles. The van der Waals surface area contributed by atoms with Gasteiger partial charge in [-0.05, 0) is 54.8 Å². The molecule has 1 unspecified atom stereocenters. The number of ether oxygens (including phenoxy) is 1. The van der Waals surface area contributed by atoms with Gasteiger partial charge in [0, 0.05) is 25.1 Å². The summed E-state index contributed by atoms with van der Waals surface area (Å²) in [7, 11) is 1.51. The molecule has 0 aliphatic rings. The zero-order valence-electron chi connectivity index (χ0n) is 15.6. The molecule has 27 heavy (non-hydrogen) atoms. The molecule has 0 aliphatic carbocycles. The number of nitrogens with one attached hydrogen (secondary N) is 1. The molecule has 0 spiro atoms. The Morgan fingerprint density at radius 3 is 2.44 bits per heavy atom. The van der Waals surface area contributed by atoms with E-state index in [1.807, 2.05) is 68.6 Å². The van der Waals surface area contributed by atoms with E-state index in [0.717, 1.165) is 33.9 Å². The normalized spacial score (nSPS) is 12.0. The minimum Gasteiger partial charge on any atom is -0.481 e. The van der Waals surface area contributed by atoms with Gasteiger partial charge in [0.2, 0.25) is 0 Å². The second-order valence-corrected chi connectivity index (χ2v) is 6.48. The molecule has 0 amide bonds. The van der Waals surface area contributed by atoms with Crippen LogP contribution in [0.3, 0.4) is 0 Å². The van der Waals surface area contributed by atoms with E-state index in [4.69, 9.17) is 4.74 Å². The highest BCUT2D eigenvalue weighted by Crippen LogP contribution is 2.29. The molecule has 2 N–H and O–H groups in total. The second kappa shape index (κ2) is 8.05. The Hall–Kier alpha value is -3.12. The quantitative estimate of drug-likeness (QED) is 0.661. The smallest absolute Gasteiger partial charge is 0.313 e. The van der Waals surface area contributed by atoms with E-state index >= 15 is 0 Å². The van der Waals surface area contributed by atoms with Crippen LogP contribution in [-0.4, -0.2) is 34.6 Å². The van der Waals surface area contributed by atoms with Gasteiger partial charge in [0.05, 0.1) is 12.3 Å². The lowest BCUT2D eigenvalue weighted by molar-refractivity contribution is -0.140. The summed E-state index contributed by atoms with van der Waals surface area (Å²) in [6.45, 7) is 3.98. The van der Waals surface area contributed by atoms with Crippen molar-refractivity contribution in [3.05, 3.63) is 71.4 Å². The lowest BCUT2D eigenvalue weighted by Gasteiger charge is -2.19. The van der Waals surface area contributed by atoms with Gasteiger partial charge in [0.15, 0.2) is 5.82 Å². The largest absolute Gasteiger partial charge is 0.481 e. The van der Waals surface area contributed by atoms with Crippen LogP contribution in [0.4, 0.5) is 11.5 Å². The Bertz CT molecular complexity index is 912. The third-order valence-electron chi connectivity index (χ3n) is 4.46. The second-order valence-electron chi connectivity index (χ2n) is 6.48. The van der Waals surface area contributed by atoms with Crippen molar-refractivity contribution in [1.29, 1.82) is 0 Å². The van der Waals surface area contributed by atoms with Crippen LogP contribution in [-0.2, 0) is 9.53 Å². The number of carbonyl (C=O) groups is 1. The first-order valence-corrected chi connectivity index (χ1v) is 8.70. The minimum atomic E-state index is -0.884. The number of rotatable bonds is 7. The fourth-order valence-electron chi connectivity index (χ4n) is 3.30. The topological polar surface area (TPSA) is 76.4 Å². The highest BCUT2D eigenvalue weighted by atomic mass is 16.5. The summed E-state index contributed by atoms with van der Waals surface area (Å²) in [6, 6.07) is 15.7. The van der Waals surface area contributed by atoms with Crippen LogP contribution >= 0.6 is 0 Å². The molecule has 2 aromatic carbocycles. The standard InChI is InChI=1S/C21H23N3O3/c1-14-11-16(12-15(2)20(14)18(13-27-3)21(25)26)22-19-9-10-24(23-19)17-7-5-4-6-8-17/h4-12,18H,13H2,1-3H3,(H,22,23)(H,25,26). The number of aliphatic carboxylic acids is 1. The molecule has 0 saturated heterocycles. The Kier molecular flexibility index (Phi) is 5.57. The number of aryl methyl sites for hydroxylation is 2. The van der Waals surface area contributed by atoms with Crippen LogP contribution in [0.15, 0.2) is 54.7 Å². The molecular formula is C21H23N3O3. The Balaban J connectivity index is 1.85. The Labute approximate surface area is 158 Å². The SMILES string of the molecule is COCC(C(=O)O)c1c(C)cc(Nc2ccn(-c3ccccc3)n2)cc1C. The number of carboxylic acid groups (broad SMARTS) is 1. The van der Waals surface area contributed by atoms with Crippen LogP contribution in [0, 0.1) is 13.8 Å². The first-order chi connectivity index (χ1) is 13.0. The molecule has 6 heteroatoms. The van der Waals surface area contributed by atoms with E-state index in [9.17, 15) is 9.90 Å². The van der Waals surface area contributed by atoms with Gasteiger partial charge >= 0.3 is 5.97 Å². The summed E-state index contributed by atoms with van der Waals surface area (Å²) in [5.74, 6) is -0.844. The number of nitrogens with zero attached hydrogens (tertiary/aromatic N) is 2. The van der Waals surface area contributed by atoms with E-state index in [1.54, 1.807) is 4.68 Å². The predicted octanol–water partition coefficient (Wildman–Crippen LogP) is 4.05. The zero-order valence-corrected chi connectivity index (χ0v) is 15.6. The van der Waals surface area contributed by atoms with Crippen molar-refractivity contribution in [2.24, 2.45) is 0 Å². The van der Waals surface area contributed by atoms with Gasteiger partial charge in [-0.15, -0.1) is 0 Å². The van der Waals surface area contributed by atoms with Crippen LogP contribution in [0.25, 0.3) is 5.69 Å². The minimum absolute atomic E-state index is 0.144. The van der Waals surface area contributed by atoms with Gasteiger partial charge in [-0.25, -0.2) is 4.68 Å². The van der Waals surface area contributed by atoms with E-state index < -0.39 is 11.9 Å². The van der Waals surface area contributed by atoms with Crippen molar-refractivity contribution < 1.29 is 14.6 Å². The Morgan fingerprint density at radius 1 is 1.19 bits per heavy atom. The first kappa shape index (κ1) is 18.7. The summed E-state index contributed by atoms with van der Waals surface area (Å²) in [5, 5.41) is 17.3. The lowest BCUT2D eigenvalue weighted by atomic mass is 9.90. The van der Waals surface area contributed by atoms with Crippen molar-refractivity contribution in [1.82, 2.24) is 9.78 Å². The van der Waals surface area contributed by atoms with Gasteiger partial charge in [0.1, 0.15) is 5.92 Å². The number of benzene rings is 2. The summed E-state index contributed by atoms with van der Waals surface area (Å²) in [4.78, 5) is 11.6. The van der Waals surface area contributed by atoms with Gasteiger partial charge in [-0.3, -0.25) is 4.79 Å². The number of anilines is 2. The molecule has 1 heterocycles. The van der Waals surface area contributed by atoms with Gasteiger partial charge in [-0.2, -0.15) is 5.10 Å². The van der Waals surface area contributed by atoms with Crippen molar-refractivity contribution in [2.45, 2.75) is 19.8 Å². The lowest BCUT2D eigenvalue weighted by Crippen LogP contribution is -2.19. The number of hydrogen-bond donors (Lipinski definition) is 2. The maximum Gasteiger partial charge on any atom is 0.313 e. The van der Waals surface area contributed by atoms with Crippen molar-refractivity contribution >= 4 is 17.5 Å². The number of carboxylic acids is 1. The molecule has 0 bridgehead atoms. The maximum atomic E-state index is 11.6. The van der Waals surface area contributed by atoms with Gasteiger partial charge < -0.3 is 15.2 Å². The third-order valence-corrected chi connectivity index (χ3v) is 4.46. The molecule has 3 rings (SSSR count). The molecule has 1 atom stereocenters. The molecule has 1 aromatic heterocycles. The average molecular weight is 365 g/mol. The summed E-state index contributed by atoms with van der Waals surface area (Å²) in [6.07, 6.45) is 1.89. The first-order valence-electron chi connectivity index (χ1n) is 8.70. The number of para-hydroxylation sites is 1. The average Bonchev–Trinajstić information content (AvgIpc) is 3.09. The fraction of sp³-hybridized carbons (Fsp3) is 0.238. The fourth-order valence-corrected chi connectivity index (χ4v) is 3.30. The van der Waals surface area contributed by atoms with Crippen LogP contribution in [0.2, 0.25) is 0 Å². The highest BCUT2D eigenvalue weighted by molar-refractivity contribution is 5.78. The van der Waals surface area contributed by atoms with Gasteiger partial charge in [0.25, 0.3) is 0 Å². The number of aromatic nitrogens is 2. The van der Waals surface area contributed by atoms with E-state index in [-0.39, 0.29) is 6.61 Å². The molecule has 3 aromatic rings. The number of methoxy groups -OCH3 is 1. The molecule has 6 nitrogen and oxygen atoms in total. The summed E-state index contributed by atoms with van der Waals surface area (Å²) < 4.78 is 6.89. The van der Waals surface area contributed by atoms with E-state index in [1.165, 1.54) is 7.11 Å². The van der Waals surface area contributed by atoms with Crippen molar-refractivity contribution in [3.8, 4) is 5.69 Å². The summed E-state index contributed by atoms with van der Waals surface area (Å²) >= 11 is 0. The van der Waals surface area contributed by atoms with Crippen LogP contribution in [0.5, 0.6) is 0 Å². The third kappa shape index (κ3) is 4.17. The van der Waals surface area contributed by atoms with Crippen molar-refractivity contribution in [2.75, 3.05) is 19.0 Å². The van der Waals surface area contributed by atoms with E-state index in [0.29, 0.717) is 0 Å².